The number of halogens is 1. The Kier molecular flexibility index (Phi) is 5.94. The van der Waals surface area contributed by atoms with Crippen molar-refractivity contribution in [3.05, 3.63) is 22.8 Å². The highest BCUT2D eigenvalue weighted by Crippen LogP contribution is 2.28. The van der Waals surface area contributed by atoms with E-state index in [1.165, 1.54) is 0 Å². The second-order valence-electron chi connectivity index (χ2n) is 4.41. The number of rotatable bonds is 6. The summed E-state index contributed by atoms with van der Waals surface area (Å²) in [6.45, 7) is 7.39. The molecule has 0 aliphatic heterocycles. The summed E-state index contributed by atoms with van der Waals surface area (Å²) in [5.41, 5.74) is 0.492. The lowest BCUT2D eigenvalue weighted by Crippen LogP contribution is -2.34. The normalized spacial score (nSPS) is 11.9. The number of hydrogen-bond acceptors (Lipinski definition) is 3. The van der Waals surface area contributed by atoms with Crippen LogP contribution in [0.25, 0.3) is 0 Å². The van der Waals surface area contributed by atoms with Gasteiger partial charge < -0.3 is 4.90 Å². The highest BCUT2D eigenvalue weighted by Gasteiger charge is 2.18. The van der Waals surface area contributed by atoms with E-state index in [2.05, 4.69) is 36.7 Å². The summed E-state index contributed by atoms with van der Waals surface area (Å²) < 4.78 is 0. The lowest BCUT2D eigenvalue weighted by molar-refractivity contribution is 0.590. The first kappa shape index (κ1) is 14.8. The van der Waals surface area contributed by atoms with Crippen LogP contribution >= 0.6 is 11.6 Å². The van der Waals surface area contributed by atoms with Crippen molar-refractivity contribution in [2.24, 2.45) is 0 Å². The van der Waals surface area contributed by atoms with Gasteiger partial charge in [0.15, 0.2) is 0 Å². The molecule has 0 radical (unpaired) electrons. The van der Waals surface area contributed by atoms with Crippen LogP contribution in [0.5, 0.6) is 0 Å². The molecule has 0 amide bonds. The molecule has 3 nitrogen and oxygen atoms in total. The number of unbranched alkanes of at least 4 members (excludes halogenated alkanes) is 1. The number of anilines is 1. The molecule has 0 saturated carbocycles. The average Bonchev–Trinajstić information content (AvgIpc) is 2.40. The first-order valence-corrected chi connectivity index (χ1v) is 6.84. The third-order valence-corrected chi connectivity index (χ3v) is 3.51. The summed E-state index contributed by atoms with van der Waals surface area (Å²) in [4.78, 5) is 6.55. The van der Waals surface area contributed by atoms with E-state index < -0.39 is 0 Å². The molecule has 0 bridgehead atoms. The minimum atomic E-state index is 0.371. The van der Waals surface area contributed by atoms with Crippen LogP contribution in [0.1, 0.15) is 45.6 Å². The average molecular weight is 266 g/mol. The fourth-order valence-electron chi connectivity index (χ4n) is 1.80. The van der Waals surface area contributed by atoms with Gasteiger partial charge in [-0.25, -0.2) is 4.98 Å². The van der Waals surface area contributed by atoms with Gasteiger partial charge in [-0.2, -0.15) is 5.26 Å². The molecule has 1 heterocycles. The lowest BCUT2D eigenvalue weighted by atomic mass is 10.2. The molecule has 1 unspecified atom stereocenters. The van der Waals surface area contributed by atoms with Crippen LogP contribution in [-0.4, -0.2) is 17.6 Å². The van der Waals surface area contributed by atoms with Crippen molar-refractivity contribution in [2.45, 2.75) is 46.1 Å². The van der Waals surface area contributed by atoms with Crippen molar-refractivity contribution in [3.63, 3.8) is 0 Å². The predicted molar refractivity (Wildman–Crippen MR) is 76.0 cm³/mol. The van der Waals surface area contributed by atoms with Crippen molar-refractivity contribution < 1.29 is 0 Å². The summed E-state index contributed by atoms with van der Waals surface area (Å²) >= 11 is 6.26. The van der Waals surface area contributed by atoms with Crippen molar-refractivity contribution in [1.82, 2.24) is 4.98 Å². The molecule has 0 aliphatic rings. The Labute approximate surface area is 114 Å². The zero-order valence-corrected chi connectivity index (χ0v) is 12.0. The highest BCUT2D eigenvalue weighted by molar-refractivity contribution is 6.34. The molecular formula is C14H20ClN3. The fourth-order valence-corrected chi connectivity index (χ4v) is 2.07. The molecule has 0 aliphatic carbocycles. The SMILES string of the molecule is CCCCN(c1nccc(C#N)c1Cl)C(C)CC. The van der Waals surface area contributed by atoms with Gasteiger partial charge in [0.1, 0.15) is 16.9 Å². The van der Waals surface area contributed by atoms with Gasteiger partial charge >= 0.3 is 0 Å². The molecule has 0 saturated heterocycles. The topological polar surface area (TPSA) is 39.9 Å². The van der Waals surface area contributed by atoms with Gasteiger partial charge in [0, 0.05) is 18.8 Å². The largest absolute Gasteiger partial charge is 0.353 e. The second-order valence-corrected chi connectivity index (χ2v) is 4.79. The smallest absolute Gasteiger partial charge is 0.148 e. The number of aromatic nitrogens is 1. The monoisotopic (exact) mass is 265 g/mol. The summed E-state index contributed by atoms with van der Waals surface area (Å²) in [7, 11) is 0. The van der Waals surface area contributed by atoms with E-state index in [9.17, 15) is 0 Å². The summed E-state index contributed by atoms with van der Waals surface area (Å²) in [6.07, 6.45) is 4.90. The summed E-state index contributed by atoms with van der Waals surface area (Å²) in [6, 6.07) is 4.13. The molecule has 0 aromatic carbocycles. The molecule has 1 aromatic rings. The number of hydrogen-bond donors (Lipinski definition) is 0. The number of pyridine rings is 1. The van der Waals surface area contributed by atoms with Gasteiger partial charge in [-0.3, -0.25) is 0 Å². The Bertz CT molecular complexity index is 426. The van der Waals surface area contributed by atoms with Gasteiger partial charge in [-0.1, -0.05) is 31.9 Å². The van der Waals surface area contributed by atoms with E-state index >= 15 is 0 Å². The minimum absolute atomic E-state index is 0.371. The molecule has 18 heavy (non-hydrogen) atoms. The van der Waals surface area contributed by atoms with E-state index in [4.69, 9.17) is 16.9 Å². The molecule has 98 valence electrons. The van der Waals surface area contributed by atoms with Gasteiger partial charge in [0.2, 0.25) is 0 Å². The van der Waals surface area contributed by atoms with Gasteiger partial charge in [0.05, 0.1) is 5.56 Å². The van der Waals surface area contributed by atoms with Crippen molar-refractivity contribution in [1.29, 1.82) is 5.26 Å². The van der Waals surface area contributed by atoms with E-state index in [1.807, 2.05) is 0 Å². The standard InChI is InChI=1S/C14H20ClN3/c1-4-6-9-18(11(3)5-2)14-13(15)12(10-16)7-8-17-14/h7-8,11H,4-6,9H2,1-3H3. The van der Waals surface area contributed by atoms with Crippen LogP contribution in [0.3, 0.4) is 0 Å². The van der Waals surface area contributed by atoms with Gasteiger partial charge in [-0.15, -0.1) is 0 Å². The van der Waals surface area contributed by atoms with Crippen LogP contribution < -0.4 is 4.90 Å². The maximum absolute atomic E-state index is 9.02. The van der Waals surface area contributed by atoms with E-state index in [1.54, 1.807) is 12.3 Å². The van der Waals surface area contributed by atoms with Gasteiger partial charge in [0.25, 0.3) is 0 Å². The van der Waals surface area contributed by atoms with E-state index in [0.29, 0.717) is 16.6 Å². The van der Waals surface area contributed by atoms with Crippen LogP contribution in [-0.2, 0) is 0 Å². The van der Waals surface area contributed by atoms with Crippen LogP contribution in [0.15, 0.2) is 12.3 Å². The minimum Gasteiger partial charge on any atom is -0.353 e. The molecule has 1 rings (SSSR count). The second kappa shape index (κ2) is 7.23. The van der Waals surface area contributed by atoms with Crippen LogP contribution in [0.4, 0.5) is 5.82 Å². The Hall–Kier alpha value is -1.27. The molecule has 1 aromatic heterocycles. The Morgan fingerprint density at radius 2 is 2.22 bits per heavy atom. The first-order valence-electron chi connectivity index (χ1n) is 6.46. The molecule has 0 N–H and O–H groups in total. The Morgan fingerprint density at radius 3 is 2.78 bits per heavy atom. The number of nitrogens with zero attached hydrogens (tertiary/aromatic N) is 3. The molecule has 1 atom stereocenters. The van der Waals surface area contributed by atoms with Crippen molar-refractivity contribution in [3.8, 4) is 6.07 Å². The molecule has 0 fully saturated rings. The van der Waals surface area contributed by atoms with Crippen molar-refractivity contribution >= 4 is 17.4 Å². The highest BCUT2D eigenvalue weighted by atomic mass is 35.5. The predicted octanol–water partition coefficient (Wildman–Crippen LogP) is 4.01. The van der Waals surface area contributed by atoms with Gasteiger partial charge in [-0.05, 0) is 25.8 Å². The van der Waals surface area contributed by atoms with Crippen LogP contribution in [0, 0.1) is 11.3 Å². The summed E-state index contributed by atoms with van der Waals surface area (Å²) in [5, 5.41) is 9.48. The molecule has 0 spiro atoms. The third kappa shape index (κ3) is 3.36. The summed E-state index contributed by atoms with van der Waals surface area (Å²) in [5.74, 6) is 0.735. The number of nitriles is 1. The maximum Gasteiger partial charge on any atom is 0.148 e. The van der Waals surface area contributed by atoms with E-state index in [0.717, 1.165) is 31.6 Å². The molecule has 4 heteroatoms. The zero-order chi connectivity index (χ0) is 13.5. The van der Waals surface area contributed by atoms with E-state index in [-0.39, 0.29) is 0 Å². The first-order chi connectivity index (χ1) is 8.65. The van der Waals surface area contributed by atoms with Crippen LogP contribution in [0.2, 0.25) is 5.02 Å². The third-order valence-electron chi connectivity index (χ3n) is 3.14. The Morgan fingerprint density at radius 1 is 1.50 bits per heavy atom. The molecular weight excluding hydrogens is 246 g/mol. The lowest BCUT2D eigenvalue weighted by Gasteiger charge is -2.30. The Balaban J connectivity index is 3.09. The zero-order valence-electron chi connectivity index (χ0n) is 11.3. The quantitative estimate of drug-likeness (QED) is 0.780. The fraction of sp³-hybridized carbons (Fsp3) is 0.571. The van der Waals surface area contributed by atoms with Crippen molar-refractivity contribution in [2.75, 3.05) is 11.4 Å². The maximum atomic E-state index is 9.02.